The van der Waals surface area contributed by atoms with Gasteiger partial charge >= 0.3 is 0 Å². The molecule has 0 aliphatic heterocycles. The van der Waals surface area contributed by atoms with E-state index in [0.29, 0.717) is 0 Å². The van der Waals surface area contributed by atoms with Gasteiger partial charge in [-0.2, -0.15) is 0 Å². The molecule has 0 aliphatic rings. The van der Waals surface area contributed by atoms with Crippen molar-refractivity contribution < 1.29 is 17.2 Å². The van der Waals surface area contributed by atoms with E-state index in [0.717, 1.165) is 18.2 Å². The predicted octanol–water partition coefficient (Wildman–Crippen LogP) is 3.87. The molecule has 0 unspecified atom stereocenters. The Kier molecular flexibility index (Phi) is 4.54. The van der Waals surface area contributed by atoms with Gasteiger partial charge in [-0.3, -0.25) is 4.72 Å². The van der Waals surface area contributed by atoms with E-state index < -0.39 is 21.7 Å². The van der Waals surface area contributed by atoms with Gasteiger partial charge in [-0.25, -0.2) is 17.2 Å². The summed E-state index contributed by atoms with van der Waals surface area (Å²) in [5, 5.41) is 0. The van der Waals surface area contributed by atoms with Gasteiger partial charge in [0.25, 0.3) is 10.0 Å². The third-order valence-corrected chi connectivity index (χ3v) is 5.46. The number of hydrogen-bond donors (Lipinski definition) is 2. The first kappa shape index (κ1) is 16.2. The summed E-state index contributed by atoms with van der Waals surface area (Å²) < 4.78 is 53.3. The molecule has 3 N–H and O–H groups in total. The van der Waals surface area contributed by atoms with Crippen LogP contribution in [0.15, 0.2) is 44.2 Å². The van der Waals surface area contributed by atoms with E-state index in [1.54, 1.807) is 0 Å². The van der Waals surface area contributed by atoms with Crippen molar-refractivity contribution in [2.45, 2.75) is 4.90 Å². The molecule has 0 atom stereocenters. The van der Waals surface area contributed by atoms with Crippen molar-refractivity contribution in [3.8, 4) is 0 Å². The molecule has 0 bridgehead atoms. The van der Waals surface area contributed by atoms with Gasteiger partial charge in [0, 0.05) is 4.47 Å². The zero-order valence-corrected chi connectivity index (χ0v) is 14.2. The summed E-state index contributed by atoms with van der Waals surface area (Å²) in [6.07, 6.45) is 0. The van der Waals surface area contributed by atoms with Gasteiger partial charge in [0.2, 0.25) is 0 Å². The van der Waals surface area contributed by atoms with Crippen molar-refractivity contribution in [3.05, 3.63) is 50.9 Å². The Morgan fingerprint density at radius 1 is 1.00 bits per heavy atom. The Labute approximate surface area is 136 Å². The average molecular weight is 442 g/mol. The molecule has 0 aromatic heterocycles. The van der Waals surface area contributed by atoms with Crippen LogP contribution in [-0.4, -0.2) is 8.42 Å². The molecule has 0 amide bonds. The van der Waals surface area contributed by atoms with E-state index in [9.17, 15) is 17.2 Å². The third-order valence-electron chi connectivity index (χ3n) is 2.51. The normalized spacial score (nSPS) is 11.4. The van der Waals surface area contributed by atoms with E-state index in [4.69, 9.17) is 5.73 Å². The number of benzene rings is 2. The second-order valence-corrected chi connectivity index (χ2v) is 7.40. The summed E-state index contributed by atoms with van der Waals surface area (Å²) in [7, 11) is -4.00. The van der Waals surface area contributed by atoms with Crippen molar-refractivity contribution in [2.24, 2.45) is 0 Å². The first-order valence-electron chi connectivity index (χ1n) is 5.43. The van der Waals surface area contributed by atoms with Gasteiger partial charge in [-0.15, -0.1) is 0 Å². The van der Waals surface area contributed by atoms with Crippen molar-refractivity contribution >= 4 is 53.3 Å². The number of nitrogen functional groups attached to an aromatic ring is 1. The average Bonchev–Trinajstić information content (AvgIpc) is 2.37. The van der Waals surface area contributed by atoms with E-state index in [1.165, 1.54) is 12.1 Å². The Balaban J connectivity index is 2.43. The molecule has 0 fully saturated rings. The largest absolute Gasteiger partial charge is 0.396 e. The maximum absolute atomic E-state index is 13.3. The van der Waals surface area contributed by atoms with Crippen LogP contribution in [0.2, 0.25) is 0 Å². The molecular weight excluding hydrogens is 434 g/mol. The fourth-order valence-corrected chi connectivity index (χ4v) is 4.00. The molecule has 0 saturated heterocycles. The Morgan fingerprint density at radius 3 is 2.29 bits per heavy atom. The van der Waals surface area contributed by atoms with Crippen molar-refractivity contribution in [3.63, 3.8) is 0 Å². The second kappa shape index (κ2) is 5.90. The number of hydrogen-bond acceptors (Lipinski definition) is 3. The van der Waals surface area contributed by atoms with Crippen LogP contribution in [0.5, 0.6) is 0 Å². The van der Waals surface area contributed by atoms with Gasteiger partial charge < -0.3 is 5.73 Å². The summed E-state index contributed by atoms with van der Waals surface area (Å²) >= 11 is 5.93. The lowest BCUT2D eigenvalue weighted by Gasteiger charge is -2.11. The molecule has 0 spiro atoms. The molecule has 21 heavy (non-hydrogen) atoms. The van der Waals surface area contributed by atoms with Crippen molar-refractivity contribution in [2.75, 3.05) is 10.5 Å². The first-order chi connectivity index (χ1) is 9.70. The van der Waals surface area contributed by atoms with Gasteiger partial charge in [-0.1, -0.05) is 0 Å². The number of nitrogens with one attached hydrogen (secondary N) is 1. The predicted molar refractivity (Wildman–Crippen MR) is 83.4 cm³/mol. The standard InChI is InChI=1S/C12H8Br2F2N2O2S/c13-7-3-6(1-2-9(7)15)18-21(19,20)12-5-11(17)10(16)4-8(12)14/h1-5,18H,17H2. The summed E-state index contributed by atoms with van der Waals surface area (Å²) in [5.41, 5.74) is 5.24. The first-order valence-corrected chi connectivity index (χ1v) is 8.50. The molecule has 112 valence electrons. The summed E-state index contributed by atoms with van der Waals surface area (Å²) in [4.78, 5) is -0.221. The highest BCUT2D eigenvalue weighted by molar-refractivity contribution is 9.10. The van der Waals surface area contributed by atoms with Crippen molar-refractivity contribution in [1.29, 1.82) is 0 Å². The van der Waals surface area contributed by atoms with E-state index in [-0.39, 0.29) is 25.2 Å². The van der Waals surface area contributed by atoms with Gasteiger partial charge in [0.05, 0.1) is 15.8 Å². The number of anilines is 2. The lowest BCUT2D eigenvalue weighted by atomic mass is 10.3. The lowest BCUT2D eigenvalue weighted by molar-refractivity contribution is 0.599. The minimum Gasteiger partial charge on any atom is -0.396 e. The molecule has 2 rings (SSSR count). The highest BCUT2D eigenvalue weighted by atomic mass is 79.9. The number of halogens is 4. The summed E-state index contributed by atoms with van der Waals surface area (Å²) in [5.74, 6) is -1.25. The van der Waals surface area contributed by atoms with Gasteiger partial charge in [0.1, 0.15) is 16.5 Å². The molecule has 9 heteroatoms. The van der Waals surface area contributed by atoms with E-state index in [1.807, 2.05) is 0 Å². The van der Waals surface area contributed by atoms with Gasteiger partial charge in [-0.05, 0) is 62.2 Å². The van der Waals surface area contributed by atoms with Crippen LogP contribution in [0.1, 0.15) is 0 Å². The molecule has 2 aromatic rings. The van der Waals surface area contributed by atoms with Crippen molar-refractivity contribution in [1.82, 2.24) is 0 Å². The SMILES string of the molecule is Nc1cc(S(=O)(=O)Nc2ccc(F)c(Br)c2)c(Br)cc1F. The van der Waals surface area contributed by atoms with Gasteiger partial charge in [0.15, 0.2) is 0 Å². The van der Waals surface area contributed by atoms with Crippen LogP contribution in [0.4, 0.5) is 20.2 Å². The van der Waals surface area contributed by atoms with Crippen LogP contribution in [0.3, 0.4) is 0 Å². The van der Waals surface area contributed by atoms with E-state index in [2.05, 4.69) is 36.6 Å². The molecule has 0 saturated carbocycles. The molecule has 0 aliphatic carbocycles. The van der Waals surface area contributed by atoms with Crippen LogP contribution in [0.25, 0.3) is 0 Å². The topological polar surface area (TPSA) is 72.2 Å². The molecule has 2 aromatic carbocycles. The molecular formula is C12H8Br2F2N2O2S. The fraction of sp³-hybridized carbons (Fsp3) is 0. The number of sulfonamides is 1. The Hall–Kier alpha value is -1.19. The van der Waals surface area contributed by atoms with Crippen LogP contribution >= 0.6 is 31.9 Å². The second-order valence-electron chi connectivity index (χ2n) is 4.04. The van der Waals surface area contributed by atoms with Crippen LogP contribution in [-0.2, 0) is 10.0 Å². The minimum absolute atomic E-state index is 0.0304. The zero-order chi connectivity index (χ0) is 15.8. The summed E-state index contributed by atoms with van der Waals surface area (Å²) in [6, 6.07) is 5.60. The molecule has 0 radical (unpaired) electrons. The fourth-order valence-electron chi connectivity index (χ4n) is 1.52. The number of rotatable bonds is 3. The van der Waals surface area contributed by atoms with Crippen LogP contribution < -0.4 is 10.5 Å². The summed E-state index contributed by atoms with van der Waals surface area (Å²) in [6.45, 7) is 0. The smallest absolute Gasteiger partial charge is 0.263 e. The molecule has 0 heterocycles. The Morgan fingerprint density at radius 2 is 1.67 bits per heavy atom. The monoisotopic (exact) mass is 440 g/mol. The van der Waals surface area contributed by atoms with E-state index >= 15 is 0 Å². The highest BCUT2D eigenvalue weighted by Gasteiger charge is 2.20. The lowest BCUT2D eigenvalue weighted by Crippen LogP contribution is -2.14. The third kappa shape index (κ3) is 3.53. The molecule has 4 nitrogen and oxygen atoms in total. The number of nitrogens with two attached hydrogens (primary N) is 1. The zero-order valence-electron chi connectivity index (χ0n) is 10.2. The minimum atomic E-state index is -4.00. The maximum atomic E-state index is 13.3. The maximum Gasteiger partial charge on any atom is 0.263 e. The highest BCUT2D eigenvalue weighted by Crippen LogP contribution is 2.29. The quantitative estimate of drug-likeness (QED) is 0.710. The Bertz CT molecular complexity index is 813. The van der Waals surface area contributed by atoms with Crippen LogP contribution in [0, 0.1) is 11.6 Å².